The van der Waals surface area contributed by atoms with Crippen molar-refractivity contribution >= 4 is 23.4 Å². The van der Waals surface area contributed by atoms with Gasteiger partial charge in [0.15, 0.2) is 0 Å². The van der Waals surface area contributed by atoms with E-state index in [0.717, 1.165) is 0 Å². The van der Waals surface area contributed by atoms with Crippen molar-refractivity contribution < 1.29 is 60.7 Å². The van der Waals surface area contributed by atoms with Crippen LogP contribution in [-0.4, -0.2) is 138 Å². The van der Waals surface area contributed by atoms with Crippen molar-refractivity contribution in [1.82, 2.24) is 10.6 Å². The highest BCUT2D eigenvalue weighted by Gasteiger charge is 2.31. The van der Waals surface area contributed by atoms with Crippen LogP contribution in [0.1, 0.15) is 0 Å². The molecule has 14 N–H and O–H groups in total. The molecule has 36 heavy (non-hydrogen) atoms. The fraction of sp³-hybridized carbons (Fsp3) is 0.600. The average molecular weight is 523 g/mol. The van der Waals surface area contributed by atoms with E-state index < -0.39 is 87.2 Å². The maximum atomic E-state index is 11.9. The summed E-state index contributed by atoms with van der Waals surface area (Å²) in [4.78, 5) is 23.9. The number of benzene rings is 1. The van der Waals surface area contributed by atoms with E-state index in [4.69, 9.17) is 10.2 Å². The molecule has 16 nitrogen and oxygen atoms in total. The van der Waals surface area contributed by atoms with Gasteiger partial charge in [0.05, 0.1) is 25.4 Å². The van der Waals surface area contributed by atoms with Crippen LogP contribution in [0, 0.1) is 0 Å². The van der Waals surface area contributed by atoms with E-state index in [9.17, 15) is 50.4 Å². The first-order valence-corrected chi connectivity index (χ1v) is 10.8. The summed E-state index contributed by atoms with van der Waals surface area (Å²) in [5.41, 5.74) is 0.554. The minimum absolute atomic E-state index is 0.277. The van der Waals surface area contributed by atoms with E-state index in [0.29, 0.717) is 0 Å². The Hall–Kier alpha value is -2.64. The first-order chi connectivity index (χ1) is 16.9. The minimum atomic E-state index is -1.83. The largest absolute Gasteiger partial charge is 0.394 e. The van der Waals surface area contributed by atoms with Crippen LogP contribution >= 0.6 is 0 Å². The first kappa shape index (κ1) is 31.4. The number of carbonyl (C=O) groups is 2. The van der Waals surface area contributed by atoms with Crippen molar-refractivity contribution in [2.24, 2.45) is 0 Å². The molecular weight excluding hydrogens is 488 g/mol. The summed E-state index contributed by atoms with van der Waals surface area (Å²) in [6.45, 7) is -2.65. The van der Waals surface area contributed by atoms with Gasteiger partial charge in [-0.25, -0.2) is 9.59 Å². The zero-order valence-corrected chi connectivity index (χ0v) is 19.0. The summed E-state index contributed by atoms with van der Waals surface area (Å²) in [7, 11) is 0. The molecule has 0 aliphatic rings. The van der Waals surface area contributed by atoms with Gasteiger partial charge in [-0.3, -0.25) is 0 Å². The van der Waals surface area contributed by atoms with Crippen molar-refractivity contribution in [2.75, 3.05) is 36.9 Å². The second-order valence-electron chi connectivity index (χ2n) is 7.84. The minimum Gasteiger partial charge on any atom is -0.394 e. The summed E-state index contributed by atoms with van der Waals surface area (Å²) in [6, 6.07) is 4.08. The molecule has 0 bridgehead atoms. The predicted molar refractivity (Wildman–Crippen MR) is 123 cm³/mol. The molecule has 0 saturated heterocycles. The molecule has 206 valence electrons. The monoisotopic (exact) mass is 522 g/mol. The zero-order valence-electron chi connectivity index (χ0n) is 19.0. The molecule has 0 unspecified atom stereocenters. The Morgan fingerprint density at radius 3 is 1.11 bits per heavy atom. The number of aliphatic hydroxyl groups is 10. The fourth-order valence-electron chi connectivity index (χ4n) is 2.75. The SMILES string of the molecule is O=C(NC[C@H](O)[C@@H](O)[C@H](O)[C@H](O)CO)Nc1ccc(NC(=O)NC[C@H](O)[C@@H](O)[C@H](O)[C@H](O)CO)cc1. The highest BCUT2D eigenvalue weighted by molar-refractivity contribution is 5.91. The fourth-order valence-corrected chi connectivity index (χ4v) is 2.75. The lowest BCUT2D eigenvalue weighted by Gasteiger charge is -2.25. The normalized spacial score (nSPS) is 18.1. The van der Waals surface area contributed by atoms with Crippen molar-refractivity contribution in [2.45, 2.75) is 48.8 Å². The van der Waals surface area contributed by atoms with Crippen molar-refractivity contribution in [3.8, 4) is 0 Å². The van der Waals surface area contributed by atoms with Crippen LogP contribution in [0.3, 0.4) is 0 Å². The highest BCUT2D eigenvalue weighted by atomic mass is 16.4. The van der Waals surface area contributed by atoms with Crippen LogP contribution in [-0.2, 0) is 0 Å². The van der Waals surface area contributed by atoms with Gasteiger partial charge in [-0.1, -0.05) is 0 Å². The van der Waals surface area contributed by atoms with Gasteiger partial charge in [-0.2, -0.15) is 0 Å². The van der Waals surface area contributed by atoms with Crippen LogP contribution in [0.2, 0.25) is 0 Å². The molecule has 0 fully saturated rings. The lowest BCUT2D eigenvalue weighted by Crippen LogP contribution is -2.50. The van der Waals surface area contributed by atoms with E-state index in [1.165, 1.54) is 24.3 Å². The molecule has 8 atom stereocenters. The second kappa shape index (κ2) is 15.5. The van der Waals surface area contributed by atoms with Crippen molar-refractivity contribution in [3.05, 3.63) is 24.3 Å². The number of anilines is 2. The summed E-state index contributed by atoms with van der Waals surface area (Å²) < 4.78 is 0. The molecule has 4 amide bonds. The van der Waals surface area contributed by atoms with Crippen molar-refractivity contribution in [1.29, 1.82) is 0 Å². The molecule has 16 heteroatoms. The molecular formula is C20H34N4O12. The third-order valence-corrected chi connectivity index (χ3v) is 4.99. The third kappa shape index (κ3) is 10.2. The maximum Gasteiger partial charge on any atom is 0.319 e. The summed E-state index contributed by atoms with van der Waals surface area (Å²) in [5, 5.41) is 103. The molecule has 0 radical (unpaired) electrons. The number of hydrogen-bond acceptors (Lipinski definition) is 12. The molecule has 1 aromatic rings. The van der Waals surface area contributed by atoms with Crippen LogP contribution in [0.25, 0.3) is 0 Å². The highest BCUT2D eigenvalue weighted by Crippen LogP contribution is 2.13. The number of hydrogen-bond donors (Lipinski definition) is 14. The van der Waals surface area contributed by atoms with E-state index in [1.54, 1.807) is 0 Å². The van der Waals surface area contributed by atoms with Crippen LogP contribution in [0.4, 0.5) is 21.0 Å². The van der Waals surface area contributed by atoms with E-state index >= 15 is 0 Å². The maximum absolute atomic E-state index is 11.9. The summed E-state index contributed by atoms with van der Waals surface area (Å²) >= 11 is 0. The van der Waals surface area contributed by atoms with Gasteiger partial charge < -0.3 is 72.3 Å². The lowest BCUT2D eigenvalue weighted by atomic mass is 10.0. The number of amides is 4. The average Bonchev–Trinajstić information content (AvgIpc) is 2.88. The first-order valence-electron chi connectivity index (χ1n) is 10.8. The Morgan fingerprint density at radius 2 is 0.833 bits per heavy atom. The second-order valence-corrected chi connectivity index (χ2v) is 7.84. The van der Waals surface area contributed by atoms with Gasteiger partial charge in [-0.15, -0.1) is 0 Å². The zero-order chi connectivity index (χ0) is 27.4. The van der Waals surface area contributed by atoms with Gasteiger partial charge in [0.2, 0.25) is 0 Å². The Labute approximate surface area is 205 Å². The molecule has 0 aromatic heterocycles. The van der Waals surface area contributed by atoms with Crippen LogP contribution in [0.5, 0.6) is 0 Å². The van der Waals surface area contributed by atoms with E-state index in [1.807, 2.05) is 0 Å². The van der Waals surface area contributed by atoms with Crippen molar-refractivity contribution in [3.63, 3.8) is 0 Å². The molecule has 0 spiro atoms. The standard InChI is InChI=1S/C20H34N4O12/c25-7-13(29)17(33)15(31)11(27)5-21-19(35)23-9-1-2-10(4-3-9)24-20(36)22-6-12(28)16(32)18(34)14(30)8-26/h1-4,11-18,25-34H,5-8H2,(H2,21,23,35)(H2,22,24,36)/t11-,12-,13+,14+,15+,16+,17+,18+/m0/s1. The van der Waals surface area contributed by atoms with Gasteiger partial charge in [0.1, 0.15) is 36.6 Å². The Morgan fingerprint density at radius 1 is 0.556 bits per heavy atom. The molecule has 1 rings (SSSR count). The van der Waals surface area contributed by atoms with E-state index in [2.05, 4.69) is 21.3 Å². The number of urea groups is 2. The lowest BCUT2D eigenvalue weighted by molar-refractivity contribution is -0.113. The molecule has 0 heterocycles. The van der Waals surface area contributed by atoms with Gasteiger partial charge in [-0.05, 0) is 24.3 Å². The van der Waals surface area contributed by atoms with Crippen LogP contribution < -0.4 is 21.3 Å². The molecule has 0 aliphatic carbocycles. The molecule has 1 aromatic carbocycles. The van der Waals surface area contributed by atoms with Gasteiger partial charge in [0.25, 0.3) is 0 Å². The Balaban J connectivity index is 2.45. The van der Waals surface area contributed by atoms with E-state index in [-0.39, 0.29) is 11.4 Å². The topological polar surface area (TPSA) is 285 Å². The summed E-state index contributed by atoms with van der Waals surface area (Å²) in [5.74, 6) is 0. The number of carbonyl (C=O) groups excluding carboxylic acids is 2. The summed E-state index contributed by atoms with van der Waals surface area (Å²) in [6.07, 6.45) is -13.9. The number of aliphatic hydroxyl groups excluding tert-OH is 10. The van der Waals surface area contributed by atoms with Crippen LogP contribution in [0.15, 0.2) is 24.3 Å². The van der Waals surface area contributed by atoms with Gasteiger partial charge in [0, 0.05) is 24.5 Å². The Bertz CT molecular complexity index is 736. The quantitative estimate of drug-likeness (QED) is 0.109. The third-order valence-electron chi connectivity index (χ3n) is 4.99. The number of nitrogens with one attached hydrogen (secondary N) is 4. The predicted octanol–water partition coefficient (Wildman–Crippen LogP) is -5.20. The smallest absolute Gasteiger partial charge is 0.319 e. The number of rotatable bonds is 14. The molecule has 0 aliphatic heterocycles. The van der Waals surface area contributed by atoms with Gasteiger partial charge >= 0.3 is 12.1 Å². The Kier molecular flexibility index (Phi) is 13.5. The molecule has 0 saturated carbocycles.